The molecule has 0 radical (unpaired) electrons. The van der Waals surface area contributed by atoms with Crippen LogP contribution < -0.4 is 5.32 Å². The molecule has 0 aliphatic carbocycles. The third-order valence-electron chi connectivity index (χ3n) is 2.55. The molecule has 17 heavy (non-hydrogen) atoms. The van der Waals surface area contributed by atoms with Gasteiger partial charge in [0.15, 0.2) is 9.84 Å². The third-order valence-corrected chi connectivity index (χ3v) is 4.44. The molecule has 96 valence electrons. The van der Waals surface area contributed by atoms with Crippen LogP contribution in [0.3, 0.4) is 0 Å². The summed E-state index contributed by atoms with van der Waals surface area (Å²) in [4.78, 5) is 0. The van der Waals surface area contributed by atoms with Crippen molar-refractivity contribution in [2.45, 2.75) is 26.8 Å². The molecule has 0 spiro atoms. The highest BCUT2D eigenvalue weighted by Gasteiger charge is 2.13. The van der Waals surface area contributed by atoms with Crippen LogP contribution in [-0.2, 0) is 9.84 Å². The summed E-state index contributed by atoms with van der Waals surface area (Å²) in [6, 6.07) is 4.98. The van der Waals surface area contributed by atoms with E-state index in [9.17, 15) is 13.5 Å². The first kappa shape index (κ1) is 13.8. The molecule has 0 fully saturated rings. The lowest BCUT2D eigenvalue weighted by atomic mass is 10.2. The zero-order valence-electron chi connectivity index (χ0n) is 10.4. The van der Waals surface area contributed by atoms with Crippen molar-refractivity contribution in [2.75, 3.05) is 16.8 Å². The van der Waals surface area contributed by atoms with E-state index in [1.807, 2.05) is 6.92 Å². The minimum Gasteiger partial charge on any atom is -0.508 e. The Labute approximate surface area is 103 Å². The van der Waals surface area contributed by atoms with Crippen LogP contribution in [0.2, 0.25) is 0 Å². The fourth-order valence-electron chi connectivity index (χ4n) is 1.57. The Morgan fingerprint density at radius 2 is 2.06 bits per heavy atom. The number of benzene rings is 1. The van der Waals surface area contributed by atoms with E-state index in [1.54, 1.807) is 32.0 Å². The minimum absolute atomic E-state index is 0.115. The quantitative estimate of drug-likeness (QED) is 0.791. The zero-order chi connectivity index (χ0) is 13.1. The molecule has 0 heterocycles. The Morgan fingerprint density at radius 1 is 1.41 bits per heavy atom. The molecule has 1 unspecified atom stereocenters. The van der Waals surface area contributed by atoms with Gasteiger partial charge < -0.3 is 10.4 Å². The zero-order valence-corrected chi connectivity index (χ0v) is 11.2. The number of anilines is 1. The Kier molecular flexibility index (Phi) is 4.40. The van der Waals surface area contributed by atoms with E-state index in [1.165, 1.54) is 0 Å². The summed E-state index contributed by atoms with van der Waals surface area (Å²) in [6.07, 6.45) is 0. The van der Waals surface area contributed by atoms with Crippen LogP contribution in [0.4, 0.5) is 5.69 Å². The van der Waals surface area contributed by atoms with Gasteiger partial charge in [0.1, 0.15) is 5.75 Å². The second-order valence-corrected chi connectivity index (χ2v) is 6.64. The van der Waals surface area contributed by atoms with Gasteiger partial charge in [0.2, 0.25) is 0 Å². The Bertz CT molecular complexity index is 483. The summed E-state index contributed by atoms with van der Waals surface area (Å²) in [5, 5.41) is 12.5. The fourth-order valence-corrected chi connectivity index (χ4v) is 2.65. The van der Waals surface area contributed by atoms with Crippen LogP contribution in [0.5, 0.6) is 5.75 Å². The number of phenolic OH excluding ortho intramolecular Hbond substituents is 1. The summed E-state index contributed by atoms with van der Waals surface area (Å²) in [7, 11) is -2.97. The van der Waals surface area contributed by atoms with E-state index in [2.05, 4.69) is 5.32 Å². The van der Waals surface area contributed by atoms with Crippen molar-refractivity contribution < 1.29 is 13.5 Å². The van der Waals surface area contributed by atoms with E-state index < -0.39 is 9.84 Å². The molecule has 4 nitrogen and oxygen atoms in total. The van der Waals surface area contributed by atoms with Gasteiger partial charge in [0.05, 0.1) is 5.75 Å². The molecule has 5 heteroatoms. The van der Waals surface area contributed by atoms with Crippen LogP contribution in [0, 0.1) is 6.92 Å². The van der Waals surface area contributed by atoms with Crippen LogP contribution >= 0.6 is 0 Å². The van der Waals surface area contributed by atoms with Crippen molar-refractivity contribution >= 4 is 15.5 Å². The molecule has 1 atom stereocenters. The SMILES string of the molecule is CCS(=O)(=O)CC(C)Nc1ccc(O)c(C)c1. The number of sulfone groups is 1. The number of phenols is 1. The van der Waals surface area contributed by atoms with Crippen LogP contribution in [-0.4, -0.2) is 31.1 Å². The summed E-state index contributed by atoms with van der Waals surface area (Å²) in [5.41, 5.74) is 1.58. The van der Waals surface area contributed by atoms with Gasteiger partial charge in [-0.05, 0) is 37.6 Å². The highest BCUT2D eigenvalue weighted by atomic mass is 32.2. The molecule has 1 aromatic carbocycles. The van der Waals surface area contributed by atoms with Crippen molar-refractivity contribution in [3.63, 3.8) is 0 Å². The summed E-state index contributed by atoms with van der Waals surface area (Å²) in [6.45, 7) is 5.27. The Balaban J connectivity index is 2.68. The lowest BCUT2D eigenvalue weighted by molar-refractivity contribution is 0.471. The van der Waals surface area contributed by atoms with Gasteiger partial charge >= 0.3 is 0 Å². The van der Waals surface area contributed by atoms with Crippen molar-refractivity contribution in [3.8, 4) is 5.75 Å². The number of hydrogen-bond donors (Lipinski definition) is 2. The average molecular weight is 257 g/mol. The summed E-state index contributed by atoms with van der Waals surface area (Å²) < 4.78 is 22.9. The molecule has 0 saturated carbocycles. The molecule has 0 aliphatic rings. The van der Waals surface area contributed by atoms with Crippen molar-refractivity contribution in [3.05, 3.63) is 23.8 Å². The van der Waals surface area contributed by atoms with Gasteiger partial charge in [-0.2, -0.15) is 0 Å². The highest BCUT2D eigenvalue weighted by Crippen LogP contribution is 2.20. The summed E-state index contributed by atoms with van der Waals surface area (Å²) >= 11 is 0. The van der Waals surface area contributed by atoms with Gasteiger partial charge in [-0.15, -0.1) is 0 Å². The first-order valence-electron chi connectivity index (χ1n) is 5.60. The van der Waals surface area contributed by atoms with Crippen molar-refractivity contribution in [2.24, 2.45) is 0 Å². The predicted molar refractivity (Wildman–Crippen MR) is 70.3 cm³/mol. The molecular weight excluding hydrogens is 238 g/mol. The van der Waals surface area contributed by atoms with Crippen molar-refractivity contribution in [1.82, 2.24) is 0 Å². The van der Waals surface area contributed by atoms with Crippen LogP contribution in [0.25, 0.3) is 0 Å². The van der Waals surface area contributed by atoms with E-state index >= 15 is 0 Å². The molecule has 0 bridgehead atoms. The Hall–Kier alpha value is -1.23. The topological polar surface area (TPSA) is 66.4 Å². The molecule has 2 N–H and O–H groups in total. The maximum Gasteiger partial charge on any atom is 0.152 e. The molecule has 0 aromatic heterocycles. The number of aromatic hydroxyl groups is 1. The monoisotopic (exact) mass is 257 g/mol. The standard InChI is InChI=1S/C12H19NO3S/c1-4-17(15,16)8-10(3)13-11-5-6-12(14)9(2)7-11/h5-7,10,13-14H,4,8H2,1-3H3. The first-order valence-corrected chi connectivity index (χ1v) is 7.43. The van der Waals surface area contributed by atoms with E-state index in [4.69, 9.17) is 0 Å². The van der Waals surface area contributed by atoms with E-state index in [0.29, 0.717) is 0 Å². The lowest BCUT2D eigenvalue weighted by Gasteiger charge is -2.15. The fraction of sp³-hybridized carbons (Fsp3) is 0.500. The second-order valence-electron chi connectivity index (χ2n) is 4.25. The molecule has 0 aliphatic heterocycles. The second kappa shape index (κ2) is 5.40. The van der Waals surface area contributed by atoms with Gasteiger partial charge in [-0.25, -0.2) is 8.42 Å². The normalized spacial score (nSPS) is 13.4. The largest absolute Gasteiger partial charge is 0.508 e. The van der Waals surface area contributed by atoms with Crippen molar-refractivity contribution in [1.29, 1.82) is 0 Å². The smallest absolute Gasteiger partial charge is 0.152 e. The molecular formula is C12H19NO3S. The molecule has 0 saturated heterocycles. The Morgan fingerprint density at radius 3 is 2.59 bits per heavy atom. The van der Waals surface area contributed by atoms with Gasteiger partial charge in [-0.1, -0.05) is 6.92 Å². The maximum absolute atomic E-state index is 11.4. The number of nitrogens with one attached hydrogen (secondary N) is 1. The number of aryl methyl sites for hydroxylation is 1. The van der Waals surface area contributed by atoms with Crippen LogP contribution in [0.1, 0.15) is 19.4 Å². The first-order chi connectivity index (χ1) is 7.84. The average Bonchev–Trinajstić information content (AvgIpc) is 2.23. The summed E-state index contributed by atoms with van der Waals surface area (Å²) in [5.74, 6) is 0.515. The maximum atomic E-state index is 11.4. The van der Waals surface area contributed by atoms with Gasteiger partial charge in [-0.3, -0.25) is 0 Å². The van der Waals surface area contributed by atoms with E-state index in [-0.39, 0.29) is 23.3 Å². The molecule has 1 aromatic rings. The minimum atomic E-state index is -2.97. The number of hydrogen-bond acceptors (Lipinski definition) is 4. The number of rotatable bonds is 5. The van der Waals surface area contributed by atoms with E-state index in [0.717, 1.165) is 11.3 Å². The molecule has 0 amide bonds. The van der Waals surface area contributed by atoms with Gasteiger partial charge in [0.25, 0.3) is 0 Å². The molecule has 1 rings (SSSR count). The lowest BCUT2D eigenvalue weighted by Crippen LogP contribution is -2.26. The van der Waals surface area contributed by atoms with Gasteiger partial charge in [0, 0.05) is 17.5 Å². The van der Waals surface area contributed by atoms with Crippen LogP contribution in [0.15, 0.2) is 18.2 Å². The highest BCUT2D eigenvalue weighted by molar-refractivity contribution is 7.91. The third kappa shape index (κ3) is 4.26. The predicted octanol–water partition coefficient (Wildman–Crippen LogP) is 1.94.